The summed E-state index contributed by atoms with van der Waals surface area (Å²) in [4.78, 5) is 16.5. The van der Waals surface area contributed by atoms with Crippen LogP contribution >= 0.6 is 11.8 Å². The highest BCUT2D eigenvalue weighted by molar-refractivity contribution is 7.99. The maximum atomic E-state index is 12.8. The molecule has 0 unspecified atom stereocenters. The Kier molecular flexibility index (Phi) is 7.87. The zero-order chi connectivity index (χ0) is 20.8. The van der Waals surface area contributed by atoms with Gasteiger partial charge in [-0.25, -0.2) is 13.4 Å². The molecule has 154 valence electrons. The minimum absolute atomic E-state index is 0.0203. The number of pyridine rings is 1. The lowest BCUT2D eigenvalue weighted by Gasteiger charge is -2.27. The van der Waals surface area contributed by atoms with E-state index in [1.807, 2.05) is 13.8 Å². The molecule has 0 spiro atoms. The van der Waals surface area contributed by atoms with Crippen LogP contribution in [-0.2, 0) is 14.8 Å². The molecule has 1 fully saturated rings. The van der Waals surface area contributed by atoms with E-state index in [-0.39, 0.29) is 22.5 Å². The number of carbonyl (C=O) groups is 1. The molecule has 1 aromatic heterocycles. The number of sulfonamides is 1. The molecule has 1 aromatic rings. The Morgan fingerprint density at radius 2 is 1.96 bits per heavy atom. The summed E-state index contributed by atoms with van der Waals surface area (Å²) in [5, 5.41) is 12.6. The number of thioether (sulfide) groups is 1. The van der Waals surface area contributed by atoms with Gasteiger partial charge in [0.1, 0.15) is 10.4 Å². The first-order valence-corrected chi connectivity index (χ1v) is 11.9. The Labute approximate surface area is 172 Å². The predicted octanol–water partition coefficient (Wildman–Crippen LogP) is 2.79. The first-order chi connectivity index (χ1) is 13.2. The van der Waals surface area contributed by atoms with E-state index in [2.05, 4.69) is 16.4 Å². The van der Waals surface area contributed by atoms with Crippen LogP contribution in [0.3, 0.4) is 0 Å². The molecule has 1 amide bonds. The van der Waals surface area contributed by atoms with Gasteiger partial charge in [-0.15, -0.1) is 0 Å². The quantitative estimate of drug-likeness (QED) is 0.675. The average molecular weight is 425 g/mol. The van der Waals surface area contributed by atoms with E-state index < -0.39 is 15.6 Å². The lowest BCUT2D eigenvalue weighted by molar-refractivity contribution is -0.120. The summed E-state index contributed by atoms with van der Waals surface area (Å²) in [6.07, 6.45) is 5.24. The predicted molar refractivity (Wildman–Crippen MR) is 109 cm³/mol. The smallest absolute Gasteiger partial charge is 0.244 e. The Morgan fingerprint density at radius 3 is 2.46 bits per heavy atom. The van der Waals surface area contributed by atoms with Gasteiger partial charge in [-0.3, -0.25) is 4.79 Å². The highest BCUT2D eigenvalue weighted by Gasteiger charge is 2.30. The van der Waals surface area contributed by atoms with E-state index in [1.165, 1.54) is 22.3 Å². The van der Waals surface area contributed by atoms with Gasteiger partial charge in [0.15, 0.2) is 0 Å². The molecule has 1 aliphatic heterocycles. The first-order valence-electron chi connectivity index (χ1n) is 9.50. The SMILES string of the molecule is CC(C)[C@@](C)(C#N)NC(=O)CSc1ccc(S(=O)(=O)N2CCCCCC2)cn1. The number of nitriles is 1. The second kappa shape index (κ2) is 9.72. The third-order valence-electron chi connectivity index (χ3n) is 5.05. The third-order valence-corrected chi connectivity index (χ3v) is 7.88. The maximum Gasteiger partial charge on any atom is 0.244 e. The van der Waals surface area contributed by atoms with Gasteiger partial charge in [-0.2, -0.15) is 9.57 Å². The van der Waals surface area contributed by atoms with Crippen LogP contribution in [0.5, 0.6) is 0 Å². The van der Waals surface area contributed by atoms with Crippen LogP contribution in [0.1, 0.15) is 46.5 Å². The molecular weight excluding hydrogens is 396 g/mol. The fraction of sp³-hybridized carbons (Fsp3) is 0.632. The Bertz CT molecular complexity index is 811. The van der Waals surface area contributed by atoms with E-state index in [9.17, 15) is 18.5 Å². The fourth-order valence-electron chi connectivity index (χ4n) is 2.80. The lowest BCUT2D eigenvalue weighted by Crippen LogP contribution is -2.49. The maximum absolute atomic E-state index is 12.8. The van der Waals surface area contributed by atoms with E-state index in [0.29, 0.717) is 18.1 Å². The highest BCUT2D eigenvalue weighted by atomic mass is 32.2. The summed E-state index contributed by atoms with van der Waals surface area (Å²) in [6, 6.07) is 5.30. The number of nitrogens with one attached hydrogen (secondary N) is 1. The topological polar surface area (TPSA) is 103 Å². The summed E-state index contributed by atoms with van der Waals surface area (Å²) in [7, 11) is -3.52. The van der Waals surface area contributed by atoms with Crippen LogP contribution in [-0.4, -0.2) is 48.0 Å². The van der Waals surface area contributed by atoms with Crippen molar-refractivity contribution in [1.29, 1.82) is 5.26 Å². The van der Waals surface area contributed by atoms with E-state index in [1.54, 1.807) is 19.1 Å². The van der Waals surface area contributed by atoms with Gasteiger partial charge in [0.25, 0.3) is 0 Å². The highest BCUT2D eigenvalue weighted by Crippen LogP contribution is 2.22. The summed E-state index contributed by atoms with van der Waals surface area (Å²) in [6.45, 7) is 6.54. The molecule has 1 saturated heterocycles. The van der Waals surface area contributed by atoms with Crippen LogP contribution in [0, 0.1) is 17.2 Å². The third kappa shape index (κ3) is 5.69. The zero-order valence-corrected chi connectivity index (χ0v) is 18.3. The van der Waals surface area contributed by atoms with Crippen LogP contribution in [0.15, 0.2) is 28.3 Å². The minimum atomic E-state index is -3.52. The molecule has 2 heterocycles. The average Bonchev–Trinajstić information content (AvgIpc) is 2.96. The monoisotopic (exact) mass is 424 g/mol. The number of carbonyl (C=O) groups excluding carboxylic acids is 1. The Hall–Kier alpha value is -1.63. The molecule has 0 aromatic carbocycles. The van der Waals surface area contributed by atoms with E-state index in [0.717, 1.165) is 25.7 Å². The van der Waals surface area contributed by atoms with Gasteiger partial charge in [0.05, 0.1) is 16.8 Å². The van der Waals surface area contributed by atoms with Crippen LogP contribution in [0.25, 0.3) is 0 Å². The number of rotatable bonds is 7. The molecule has 28 heavy (non-hydrogen) atoms. The van der Waals surface area contributed by atoms with Crippen LogP contribution in [0.4, 0.5) is 0 Å². The Morgan fingerprint density at radius 1 is 1.32 bits per heavy atom. The van der Waals surface area contributed by atoms with Crippen molar-refractivity contribution in [2.24, 2.45) is 5.92 Å². The van der Waals surface area contributed by atoms with Gasteiger partial charge in [0.2, 0.25) is 15.9 Å². The van der Waals surface area contributed by atoms with Crippen molar-refractivity contribution in [3.63, 3.8) is 0 Å². The van der Waals surface area contributed by atoms with Crippen LogP contribution in [0.2, 0.25) is 0 Å². The minimum Gasteiger partial charge on any atom is -0.337 e. The number of hydrogen-bond acceptors (Lipinski definition) is 6. The molecule has 7 nitrogen and oxygen atoms in total. The largest absolute Gasteiger partial charge is 0.337 e. The van der Waals surface area contributed by atoms with Gasteiger partial charge in [-0.1, -0.05) is 38.5 Å². The number of amides is 1. The standard InChI is InChI=1S/C19H28N4O3S2/c1-15(2)19(3,14-20)22-17(24)13-27-18-9-8-16(12-21-18)28(25,26)23-10-6-4-5-7-11-23/h8-9,12,15H,4-7,10-11,13H2,1-3H3,(H,22,24)/t19-/m1/s1. The summed E-state index contributed by atoms with van der Waals surface area (Å²) < 4.78 is 27.0. The normalized spacial score (nSPS) is 18.1. The molecule has 0 bridgehead atoms. The molecule has 2 rings (SSSR count). The van der Waals surface area contributed by atoms with Gasteiger partial charge in [0, 0.05) is 19.3 Å². The Balaban J connectivity index is 1.97. The van der Waals surface area contributed by atoms with Gasteiger partial charge < -0.3 is 5.32 Å². The van der Waals surface area contributed by atoms with Crippen molar-refractivity contribution in [3.05, 3.63) is 18.3 Å². The molecule has 1 aliphatic rings. The molecule has 0 radical (unpaired) electrons. The van der Waals surface area contributed by atoms with Crippen molar-refractivity contribution in [3.8, 4) is 6.07 Å². The molecule has 0 saturated carbocycles. The second-order valence-electron chi connectivity index (χ2n) is 7.46. The fourth-order valence-corrected chi connectivity index (χ4v) is 4.91. The summed E-state index contributed by atoms with van der Waals surface area (Å²) >= 11 is 1.21. The van der Waals surface area contributed by atoms with Gasteiger partial charge in [-0.05, 0) is 37.8 Å². The molecule has 1 N–H and O–H groups in total. The van der Waals surface area contributed by atoms with Crippen molar-refractivity contribution < 1.29 is 13.2 Å². The molecular formula is C19H28N4O3S2. The number of aromatic nitrogens is 1. The van der Waals surface area contributed by atoms with Crippen molar-refractivity contribution >= 4 is 27.7 Å². The second-order valence-corrected chi connectivity index (χ2v) is 10.4. The number of hydrogen-bond donors (Lipinski definition) is 1. The summed E-state index contributed by atoms with van der Waals surface area (Å²) in [5.41, 5.74) is -0.920. The van der Waals surface area contributed by atoms with Crippen molar-refractivity contribution in [1.82, 2.24) is 14.6 Å². The molecule has 0 aliphatic carbocycles. The van der Waals surface area contributed by atoms with Gasteiger partial charge >= 0.3 is 0 Å². The molecule has 1 atom stereocenters. The summed E-state index contributed by atoms with van der Waals surface area (Å²) in [5.74, 6) is -0.172. The zero-order valence-electron chi connectivity index (χ0n) is 16.6. The van der Waals surface area contributed by atoms with Crippen LogP contribution < -0.4 is 5.32 Å². The lowest BCUT2D eigenvalue weighted by atomic mass is 9.90. The number of nitrogens with zero attached hydrogens (tertiary/aromatic N) is 3. The van der Waals surface area contributed by atoms with E-state index >= 15 is 0 Å². The first kappa shape index (κ1) is 22.7. The van der Waals surface area contributed by atoms with E-state index in [4.69, 9.17) is 0 Å². The van der Waals surface area contributed by atoms with Crippen molar-refractivity contribution in [2.75, 3.05) is 18.8 Å². The van der Waals surface area contributed by atoms with Crippen molar-refractivity contribution in [2.45, 2.75) is 61.9 Å². The molecule has 9 heteroatoms.